The Labute approximate surface area is 88.6 Å². The molecule has 0 bridgehead atoms. The van der Waals surface area contributed by atoms with Crippen molar-refractivity contribution in [1.29, 1.82) is 0 Å². The van der Waals surface area contributed by atoms with Crippen LogP contribution in [0, 0.1) is 6.92 Å². The van der Waals surface area contributed by atoms with E-state index in [9.17, 15) is 0 Å². The van der Waals surface area contributed by atoms with Crippen LogP contribution in [0.1, 0.15) is 5.56 Å². The minimum atomic E-state index is -0.250. The van der Waals surface area contributed by atoms with E-state index in [-0.39, 0.29) is 6.47 Å². The Bertz CT molecular complexity index is 302. The minimum Gasteiger partial charge on any atom is -0.483 e. The SMILES string of the molecule is Cc1ccccc1.O=CO.c1c[nH]cn1. The highest BCUT2D eigenvalue weighted by atomic mass is 16.3. The van der Waals surface area contributed by atoms with Crippen molar-refractivity contribution in [2.24, 2.45) is 0 Å². The highest BCUT2D eigenvalue weighted by Gasteiger charge is 1.72. The van der Waals surface area contributed by atoms with Crippen LogP contribution in [-0.4, -0.2) is 21.5 Å². The van der Waals surface area contributed by atoms with Crippen molar-refractivity contribution in [2.75, 3.05) is 0 Å². The Morgan fingerprint density at radius 1 is 1.33 bits per heavy atom. The number of carboxylic acid groups (broad SMARTS) is 1. The maximum atomic E-state index is 8.36. The molecule has 0 radical (unpaired) electrons. The quantitative estimate of drug-likeness (QED) is 0.649. The van der Waals surface area contributed by atoms with Crippen LogP contribution in [0.4, 0.5) is 0 Å². The molecular weight excluding hydrogens is 192 g/mol. The molecule has 0 saturated carbocycles. The van der Waals surface area contributed by atoms with E-state index >= 15 is 0 Å². The van der Waals surface area contributed by atoms with Crippen LogP contribution in [0.25, 0.3) is 0 Å². The van der Waals surface area contributed by atoms with Crippen LogP contribution in [0.5, 0.6) is 0 Å². The number of aromatic amines is 1. The van der Waals surface area contributed by atoms with Crippen molar-refractivity contribution >= 4 is 6.47 Å². The summed E-state index contributed by atoms with van der Waals surface area (Å²) in [5.74, 6) is 0. The molecule has 2 rings (SSSR count). The monoisotopic (exact) mass is 206 g/mol. The second kappa shape index (κ2) is 9.98. The van der Waals surface area contributed by atoms with Crippen LogP contribution >= 0.6 is 0 Å². The van der Waals surface area contributed by atoms with Gasteiger partial charge in [-0.3, -0.25) is 4.79 Å². The topological polar surface area (TPSA) is 66.0 Å². The molecule has 4 nitrogen and oxygen atoms in total. The number of aromatic nitrogens is 2. The minimum absolute atomic E-state index is 0.250. The molecular formula is C11H14N2O2. The first-order valence-corrected chi connectivity index (χ1v) is 4.33. The van der Waals surface area contributed by atoms with Crippen molar-refractivity contribution < 1.29 is 9.90 Å². The highest BCUT2D eigenvalue weighted by Crippen LogP contribution is 1.92. The smallest absolute Gasteiger partial charge is 0.290 e. The second-order valence-electron chi connectivity index (χ2n) is 2.52. The molecule has 1 heterocycles. The maximum absolute atomic E-state index is 8.36. The molecule has 0 aliphatic carbocycles. The number of nitrogens with zero attached hydrogens (tertiary/aromatic N) is 1. The number of rotatable bonds is 0. The summed E-state index contributed by atoms with van der Waals surface area (Å²) in [5.41, 5.74) is 1.32. The standard InChI is InChI=1S/C7H8.C3H4N2.CH2O2/c1-7-5-3-2-4-6-7;1-2-5-3-4-1;2-1-3/h2-6H,1H3;1-3H,(H,4,5);1H,(H,2,3). The van der Waals surface area contributed by atoms with E-state index in [0.29, 0.717) is 0 Å². The predicted octanol–water partition coefficient (Wildman–Crippen LogP) is 2.11. The molecule has 2 N–H and O–H groups in total. The number of hydrogen-bond donors (Lipinski definition) is 2. The van der Waals surface area contributed by atoms with Gasteiger partial charge in [-0.05, 0) is 6.92 Å². The van der Waals surface area contributed by atoms with Gasteiger partial charge in [0.05, 0.1) is 6.33 Å². The largest absolute Gasteiger partial charge is 0.483 e. The van der Waals surface area contributed by atoms with E-state index < -0.39 is 0 Å². The van der Waals surface area contributed by atoms with E-state index in [0.717, 1.165) is 0 Å². The van der Waals surface area contributed by atoms with Crippen LogP contribution < -0.4 is 0 Å². The number of imidazole rings is 1. The lowest BCUT2D eigenvalue weighted by atomic mass is 10.2. The third-order valence-electron chi connectivity index (χ3n) is 1.35. The summed E-state index contributed by atoms with van der Waals surface area (Å²) in [6, 6.07) is 10.3. The Balaban J connectivity index is 0.000000216. The number of hydrogen-bond acceptors (Lipinski definition) is 2. The van der Waals surface area contributed by atoms with Crippen LogP contribution in [-0.2, 0) is 4.79 Å². The Morgan fingerprint density at radius 2 is 1.93 bits per heavy atom. The first kappa shape index (κ1) is 12.9. The molecule has 0 amide bonds. The molecule has 80 valence electrons. The number of carbonyl (C=O) groups is 1. The van der Waals surface area contributed by atoms with Gasteiger partial charge in [-0.25, -0.2) is 4.98 Å². The number of aryl methyl sites for hydroxylation is 1. The number of benzene rings is 1. The second-order valence-corrected chi connectivity index (χ2v) is 2.52. The molecule has 1 aromatic carbocycles. The fraction of sp³-hybridized carbons (Fsp3) is 0.0909. The summed E-state index contributed by atoms with van der Waals surface area (Å²) in [7, 11) is 0. The van der Waals surface area contributed by atoms with E-state index in [1.54, 1.807) is 18.7 Å². The molecule has 0 unspecified atom stereocenters. The van der Waals surface area contributed by atoms with E-state index in [2.05, 4.69) is 29.0 Å². The zero-order valence-corrected chi connectivity index (χ0v) is 8.50. The van der Waals surface area contributed by atoms with Crippen molar-refractivity contribution in [2.45, 2.75) is 6.92 Å². The van der Waals surface area contributed by atoms with Gasteiger partial charge in [-0.2, -0.15) is 0 Å². The van der Waals surface area contributed by atoms with Gasteiger partial charge in [0.1, 0.15) is 0 Å². The van der Waals surface area contributed by atoms with Gasteiger partial charge < -0.3 is 10.1 Å². The summed E-state index contributed by atoms with van der Waals surface area (Å²) in [4.78, 5) is 14.8. The zero-order valence-electron chi connectivity index (χ0n) is 8.50. The summed E-state index contributed by atoms with van der Waals surface area (Å²) < 4.78 is 0. The average Bonchev–Trinajstić information content (AvgIpc) is 2.78. The summed E-state index contributed by atoms with van der Waals surface area (Å²) >= 11 is 0. The molecule has 15 heavy (non-hydrogen) atoms. The fourth-order valence-corrected chi connectivity index (χ4v) is 0.750. The summed E-state index contributed by atoms with van der Waals surface area (Å²) in [6.45, 7) is 1.83. The summed E-state index contributed by atoms with van der Waals surface area (Å²) in [6.07, 6.45) is 5.08. The fourth-order valence-electron chi connectivity index (χ4n) is 0.750. The average molecular weight is 206 g/mol. The zero-order chi connectivity index (χ0) is 11.4. The van der Waals surface area contributed by atoms with Gasteiger partial charge in [0.15, 0.2) is 0 Å². The van der Waals surface area contributed by atoms with Crippen LogP contribution in [0.15, 0.2) is 49.1 Å². The van der Waals surface area contributed by atoms with Gasteiger partial charge >= 0.3 is 0 Å². The van der Waals surface area contributed by atoms with Gasteiger partial charge in [-0.1, -0.05) is 35.9 Å². The molecule has 4 heteroatoms. The van der Waals surface area contributed by atoms with E-state index in [1.807, 2.05) is 18.2 Å². The van der Waals surface area contributed by atoms with Crippen molar-refractivity contribution in [1.82, 2.24) is 9.97 Å². The molecule has 0 fully saturated rings. The normalized spacial score (nSPS) is 7.53. The van der Waals surface area contributed by atoms with Gasteiger partial charge in [0, 0.05) is 12.4 Å². The first-order chi connectivity index (χ1) is 7.31. The maximum Gasteiger partial charge on any atom is 0.290 e. The predicted molar refractivity (Wildman–Crippen MR) is 58.5 cm³/mol. The lowest BCUT2D eigenvalue weighted by molar-refractivity contribution is -0.122. The molecule has 0 atom stereocenters. The van der Waals surface area contributed by atoms with Crippen molar-refractivity contribution in [3.05, 3.63) is 54.6 Å². The Hall–Kier alpha value is -2.10. The molecule has 0 spiro atoms. The molecule has 2 aromatic rings. The third kappa shape index (κ3) is 9.82. The van der Waals surface area contributed by atoms with Crippen LogP contribution in [0.2, 0.25) is 0 Å². The van der Waals surface area contributed by atoms with Crippen molar-refractivity contribution in [3.63, 3.8) is 0 Å². The first-order valence-electron chi connectivity index (χ1n) is 4.33. The number of nitrogens with one attached hydrogen (secondary N) is 1. The van der Waals surface area contributed by atoms with Gasteiger partial charge in [-0.15, -0.1) is 0 Å². The molecule has 1 aromatic heterocycles. The van der Waals surface area contributed by atoms with Crippen LogP contribution in [0.3, 0.4) is 0 Å². The number of H-pyrrole nitrogens is 1. The molecule has 0 aliphatic rings. The molecule has 0 aliphatic heterocycles. The van der Waals surface area contributed by atoms with E-state index in [1.165, 1.54) is 5.56 Å². The lowest BCUT2D eigenvalue weighted by Gasteiger charge is -1.82. The third-order valence-corrected chi connectivity index (χ3v) is 1.35. The van der Waals surface area contributed by atoms with Gasteiger partial charge in [0.25, 0.3) is 6.47 Å². The van der Waals surface area contributed by atoms with Gasteiger partial charge in [0.2, 0.25) is 0 Å². The Morgan fingerprint density at radius 3 is 2.13 bits per heavy atom. The Kier molecular flexibility index (Phi) is 8.59. The lowest BCUT2D eigenvalue weighted by Crippen LogP contribution is -1.62. The van der Waals surface area contributed by atoms with E-state index in [4.69, 9.17) is 9.90 Å². The molecule has 0 saturated heterocycles. The van der Waals surface area contributed by atoms with Crippen molar-refractivity contribution in [3.8, 4) is 0 Å². The highest BCUT2D eigenvalue weighted by molar-refractivity contribution is 5.32. The summed E-state index contributed by atoms with van der Waals surface area (Å²) in [5, 5.41) is 6.89.